The molecule has 1 unspecified atom stereocenters. The minimum Gasteiger partial charge on any atom is -0.388 e. The van der Waals surface area contributed by atoms with Crippen molar-refractivity contribution in [3.05, 3.63) is 65.0 Å². The molecule has 0 aliphatic carbocycles. The molecule has 0 bridgehead atoms. The number of amides is 1. The van der Waals surface area contributed by atoms with Crippen molar-refractivity contribution in [1.29, 1.82) is 0 Å². The average Bonchev–Trinajstić information content (AvgIpc) is 2.70. The number of carbonyl (C=O) groups is 1. The van der Waals surface area contributed by atoms with Gasteiger partial charge in [0, 0.05) is 55.6 Å². The van der Waals surface area contributed by atoms with Gasteiger partial charge in [-0.2, -0.15) is 0 Å². The summed E-state index contributed by atoms with van der Waals surface area (Å²) in [6, 6.07) is 8.18. The Bertz CT molecular complexity index is 857. The first kappa shape index (κ1) is 20.2. The lowest BCUT2D eigenvalue weighted by Gasteiger charge is -2.42. The van der Waals surface area contributed by atoms with Crippen LogP contribution in [0.4, 0.5) is 18.9 Å². The summed E-state index contributed by atoms with van der Waals surface area (Å²) in [5.74, 6) is -3.05. The van der Waals surface area contributed by atoms with Crippen LogP contribution in [0.3, 0.4) is 0 Å². The van der Waals surface area contributed by atoms with Gasteiger partial charge in [-0.15, -0.1) is 0 Å². The van der Waals surface area contributed by atoms with Gasteiger partial charge in [-0.1, -0.05) is 0 Å². The first-order valence-corrected chi connectivity index (χ1v) is 9.29. The Morgan fingerprint density at radius 2 is 1.71 bits per heavy atom. The highest BCUT2D eigenvalue weighted by Crippen LogP contribution is 2.29. The molecule has 0 radical (unpaired) electrons. The van der Waals surface area contributed by atoms with Gasteiger partial charge < -0.3 is 10.2 Å². The molecule has 2 aromatic rings. The Balaban J connectivity index is 1.72. The summed E-state index contributed by atoms with van der Waals surface area (Å²) < 4.78 is 41.8. The second-order valence-corrected chi connectivity index (χ2v) is 7.10. The lowest BCUT2D eigenvalue weighted by Crippen LogP contribution is -2.54. The number of nitrogens with zero attached hydrogens (tertiary/aromatic N) is 2. The van der Waals surface area contributed by atoms with Gasteiger partial charge in [-0.3, -0.25) is 9.69 Å². The number of anilines is 1. The van der Waals surface area contributed by atoms with Crippen LogP contribution in [0.15, 0.2) is 36.4 Å². The molecule has 0 spiro atoms. The molecule has 7 heteroatoms. The lowest BCUT2D eigenvalue weighted by atomic mass is 10.0. The maximum absolute atomic E-state index is 14.1. The first-order chi connectivity index (χ1) is 13.3. The molecule has 1 amide bonds. The number of benzene rings is 2. The molecule has 28 heavy (non-hydrogen) atoms. The maximum atomic E-state index is 14.1. The molecule has 3 rings (SSSR count). The number of halogens is 3. The van der Waals surface area contributed by atoms with E-state index < -0.39 is 23.5 Å². The van der Waals surface area contributed by atoms with Crippen LogP contribution < -0.4 is 5.32 Å². The second-order valence-electron chi connectivity index (χ2n) is 7.10. The van der Waals surface area contributed by atoms with Gasteiger partial charge in [-0.05, 0) is 50.2 Å². The van der Waals surface area contributed by atoms with Gasteiger partial charge in [-0.25, -0.2) is 13.2 Å². The fraction of sp³-hybridized carbons (Fsp3) is 0.381. The fourth-order valence-corrected chi connectivity index (χ4v) is 3.69. The highest BCUT2D eigenvalue weighted by molar-refractivity contribution is 5.94. The Morgan fingerprint density at radius 1 is 1.07 bits per heavy atom. The Hall–Kier alpha value is -2.54. The highest BCUT2D eigenvalue weighted by atomic mass is 19.2. The van der Waals surface area contributed by atoms with Crippen molar-refractivity contribution in [2.45, 2.75) is 25.9 Å². The Labute approximate surface area is 162 Å². The van der Waals surface area contributed by atoms with E-state index in [9.17, 15) is 18.0 Å². The van der Waals surface area contributed by atoms with Crippen LogP contribution in [-0.2, 0) is 0 Å². The van der Waals surface area contributed by atoms with Gasteiger partial charge >= 0.3 is 0 Å². The zero-order chi connectivity index (χ0) is 20.4. The second kappa shape index (κ2) is 8.22. The lowest BCUT2D eigenvalue weighted by molar-refractivity contribution is 0.0397. The van der Waals surface area contributed by atoms with Crippen LogP contribution in [0.25, 0.3) is 0 Å². The van der Waals surface area contributed by atoms with Crippen molar-refractivity contribution in [2.24, 2.45) is 0 Å². The molecule has 1 heterocycles. The third-order valence-corrected chi connectivity index (χ3v) is 5.39. The average molecular weight is 391 g/mol. The van der Waals surface area contributed by atoms with E-state index in [2.05, 4.69) is 5.32 Å². The van der Waals surface area contributed by atoms with Crippen molar-refractivity contribution in [2.75, 3.05) is 32.0 Å². The molecule has 2 atom stereocenters. The normalized spacial score (nSPS) is 18.8. The van der Waals surface area contributed by atoms with Gasteiger partial charge in [0.1, 0.15) is 5.82 Å². The van der Waals surface area contributed by atoms with Crippen LogP contribution in [0.5, 0.6) is 0 Å². The molecule has 1 aliphatic heterocycles. The third-order valence-electron chi connectivity index (χ3n) is 5.39. The zero-order valence-corrected chi connectivity index (χ0v) is 16.2. The molecule has 4 nitrogen and oxygen atoms in total. The highest BCUT2D eigenvalue weighted by Gasteiger charge is 2.32. The molecule has 150 valence electrons. The van der Waals surface area contributed by atoms with E-state index in [1.807, 2.05) is 31.0 Å². The SMILES string of the molecule is CNc1ccc(C(=O)N2CCN(C(C)c3c(F)ccc(F)c3F)C[C@H]2C)cc1. The molecular formula is C21H24F3N3O. The summed E-state index contributed by atoms with van der Waals surface area (Å²) in [6.07, 6.45) is 0. The molecule has 1 N–H and O–H groups in total. The number of rotatable bonds is 4. The molecule has 2 aromatic carbocycles. The monoisotopic (exact) mass is 391 g/mol. The zero-order valence-electron chi connectivity index (χ0n) is 16.2. The summed E-state index contributed by atoms with van der Waals surface area (Å²) in [5.41, 5.74) is 1.24. The van der Waals surface area contributed by atoms with E-state index in [4.69, 9.17) is 0 Å². The summed E-state index contributed by atoms with van der Waals surface area (Å²) in [6.45, 7) is 4.87. The van der Waals surface area contributed by atoms with Crippen LogP contribution >= 0.6 is 0 Å². The third kappa shape index (κ3) is 3.85. The number of carbonyl (C=O) groups excluding carboxylic acids is 1. The van der Waals surface area contributed by atoms with Crippen LogP contribution in [0, 0.1) is 17.5 Å². The van der Waals surface area contributed by atoms with E-state index in [0.29, 0.717) is 25.2 Å². The van der Waals surface area contributed by atoms with Crippen molar-refractivity contribution >= 4 is 11.6 Å². The number of nitrogens with one attached hydrogen (secondary N) is 1. The van der Waals surface area contributed by atoms with Crippen molar-refractivity contribution < 1.29 is 18.0 Å². The minimum atomic E-state index is -1.15. The predicted octanol–water partition coefficient (Wildman–Crippen LogP) is 4.05. The van der Waals surface area contributed by atoms with E-state index in [-0.39, 0.29) is 17.5 Å². The fourth-order valence-electron chi connectivity index (χ4n) is 3.69. The number of hydrogen-bond acceptors (Lipinski definition) is 3. The maximum Gasteiger partial charge on any atom is 0.254 e. The molecule has 1 saturated heterocycles. The first-order valence-electron chi connectivity index (χ1n) is 9.29. The molecule has 0 aromatic heterocycles. The standard InChI is InChI=1S/C21H24F3N3O/c1-13-12-26(14(2)19-17(22)8-9-18(23)20(19)24)10-11-27(13)21(28)15-4-6-16(25-3)7-5-15/h4-9,13-14,25H,10-12H2,1-3H3/t13-,14?/m1/s1. The van der Waals surface area contributed by atoms with Crippen molar-refractivity contribution in [3.63, 3.8) is 0 Å². The molecule has 0 saturated carbocycles. The topological polar surface area (TPSA) is 35.6 Å². The Kier molecular flexibility index (Phi) is 5.93. The van der Waals surface area contributed by atoms with Gasteiger partial charge in [0.2, 0.25) is 0 Å². The summed E-state index contributed by atoms with van der Waals surface area (Å²) in [4.78, 5) is 16.5. The quantitative estimate of drug-likeness (QED) is 0.799. The summed E-state index contributed by atoms with van der Waals surface area (Å²) >= 11 is 0. The summed E-state index contributed by atoms with van der Waals surface area (Å²) in [7, 11) is 1.81. The largest absolute Gasteiger partial charge is 0.388 e. The van der Waals surface area contributed by atoms with Gasteiger partial charge in [0.25, 0.3) is 5.91 Å². The van der Waals surface area contributed by atoms with E-state index in [1.165, 1.54) is 0 Å². The van der Waals surface area contributed by atoms with Gasteiger partial charge in [0.15, 0.2) is 11.6 Å². The van der Waals surface area contributed by atoms with Crippen LogP contribution in [-0.4, -0.2) is 48.4 Å². The van der Waals surface area contributed by atoms with E-state index in [0.717, 1.165) is 17.8 Å². The summed E-state index contributed by atoms with van der Waals surface area (Å²) in [5, 5.41) is 3.01. The molecule has 1 fully saturated rings. The Morgan fingerprint density at radius 3 is 2.32 bits per heavy atom. The smallest absolute Gasteiger partial charge is 0.254 e. The van der Waals surface area contributed by atoms with E-state index in [1.54, 1.807) is 24.0 Å². The van der Waals surface area contributed by atoms with Crippen LogP contribution in [0.2, 0.25) is 0 Å². The number of hydrogen-bond donors (Lipinski definition) is 1. The van der Waals surface area contributed by atoms with E-state index >= 15 is 0 Å². The van der Waals surface area contributed by atoms with Crippen molar-refractivity contribution in [1.82, 2.24) is 9.80 Å². The minimum absolute atomic E-state index is 0.0782. The number of piperazine rings is 1. The van der Waals surface area contributed by atoms with Crippen LogP contribution in [0.1, 0.15) is 35.8 Å². The predicted molar refractivity (Wildman–Crippen MR) is 103 cm³/mol. The molecule has 1 aliphatic rings. The molecular weight excluding hydrogens is 367 g/mol. The van der Waals surface area contributed by atoms with Crippen molar-refractivity contribution in [3.8, 4) is 0 Å². The van der Waals surface area contributed by atoms with Gasteiger partial charge in [0.05, 0.1) is 0 Å².